The molecule has 0 aliphatic heterocycles. The molecule has 0 unspecified atom stereocenters. The standard InChI is InChI=1S/C23H25NO3.CH4/c1-15-8-6-7-9-17(15)22(26)19-13-24(14-21(25)23(2,3)4)20-12-16(27-5)10-11-18(19)20;/h6-13H,14H2,1-5H3;1H4. The third-order valence-electron chi connectivity index (χ3n) is 4.87. The van der Waals surface area contributed by atoms with Crippen molar-refractivity contribution in [3.8, 4) is 5.75 Å². The van der Waals surface area contributed by atoms with Gasteiger partial charge in [0.05, 0.1) is 19.2 Å². The lowest BCUT2D eigenvalue weighted by Crippen LogP contribution is -2.24. The molecule has 1 aromatic heterocycles. The van der Waals surface area contributed by atoms with E-state index in [1.807, 2.05) is 74.7 Å². The summed E-state index contributed by atoms with van der Waals surface area (Å²) in [5.41, 5.74) is 2.58. The number of nitrogens with zero attached hydrogens (tertiary/aromatic N) is 1. The molecule has 2 aromatic carbocycles. The molecule has 0 atom stereocenters. The van der Waals surface area contributed by atoms with Crippen LogP contribution < -0.4 is 4.74 Å². The Bertz CT molecular complexity index is 1020. The van der Waals surface area contributed by atoms with Gasteiger partial charge >= 0.3 is 0 Å². The third-order valence-corrected chi connectivity index (χ3v) is 4.87. The van der Waals surface area contributed by atoms with Crippen molar-refractivity contribution in [2.75, 3.05) is 7.11 Å². The summed E-state index contributed by atoms with van der Waals surface area (Å²) in [5, 5.41) is 0.825. The Morgan fingerprint density at radius 3 is 2.32 bits per heavy atom. The molecular weight excluding hydrogens is 350 g/mol. The van der Waals surface area contributed by atoms with Crippen molar-refractivity contribution in [2.24, 2.45) is 5.41 Å². The fourth-order valence-corrected chi connectivity index (χ4v) is 3.08. The fourth-order valence-electron chi connectivity index (χ4n) is 3.08. The van der Waals surface area contributed by atoms with E-state index in [0.717, 1.165) is 16.5 Å². The number of carbonyl (C=O) groups excluding carboxylic acids is 2. The van der Waals surface area contributed by atoms with Gasteiger partial charge in [0.2, 0.25) is 0 Å². The highest BCUT2D eigenvalue weighted by Crippen LogP contribution is 2.29. The number of ether oxygens (including phenoxy) is 1. The van der Waals surface area contributed by atoms with Crippen molar-refractivity contribution in [3.05, 3.63) is 65.4 Å². The largest absolute Gasteiger partial charge is 0.497 e. The summed E-state index contributed by atoms with van der Waals surface area (Å²) in [7, 11) is 1.61. The number of carbonyl (C=O) groups is 2. The van der Waals surface area contributed by atoms with Crippen molar-refractivity contribution in [1.29, 1.82) is 0 Å². The van der Waals surface area contributed by atoms with Gasteiger partial charge in [-0.25, -0.2) is 0 Å². The SMILES string of the molecule is C.COc1ccc2c(C(=O)c3ccccc3C)cn(CC(=O)C(C)(C)C)c2c1. The van der Waals surface area contributed by atoms with Crippen LogP contribution in [0.25, 0.3) is 10.9 Å². The zero-order chi connectivity index (χ0) is 19.8. The van der Waals surface area contributed by atoms with Crippen LogP contribution in [-0.4, -0.2) is 23.2 Å². The number of ketones is 2. The lowest BCUT2D eigenvalue weighted by atomic mass is 9.91. The number of aromatic nitrogens is 1. The van der Waals surface area contributed by atoms with E-state index < -0.39 is 5.41 Å². The Labute approximate surface area is 167 Å². The van der Waals surface area contributed by atoms with Crippen LogP contribution in [0.15, 0.2) is 48.7 Å². The lowest BCUT2D eigenvalue weighted by Gasteiger charge is -2.17. The minimum Gasteiger partial charge on any atom is -0.497 e. The van der Waals surface area contributed by atoms with Gasteiger partial charge in [0.25, 0.3) is 0 Å². The molecule has 0 aliphatic carbocycles. The van der Waals surface area contributed by atoms with E-state index in [4.69, 9.17) is 4.74 Å². The number of hydrogen-bond donors (Lipinski definition) is 0. The van der Waals surface area contributed by atoms with Crippen LogP contribution in [-0.2, 0) is 11.3 Å². The second-order valence-corrected chi connectivity index (χ2v) is 7.87. The first-order valence-corrected chi connectivity index (χ1v) is 9.03. The van der Waals surface area contributed by atoms with Crippen molar-refractivity contribution in [3.63, 3.8) is 0 Å². The fraction of sp³-hybridized carbons (Fsp3) is 0.333. The average molecular weight is 380 g/mol. The molecule has 4 heteroatoms. The summed E-state index contributed by atoms with van der Waals surface area (Å²) in [6, 6.07) is 13.2. The maximum Gasteiger partial charge on any atom is 0.195 e. The summed E-state index contributed by atoms with van der Waals surface area (Å²) in [5.74, 6) is 0.766. The smallest absolute Gasteiger partial charge is 0.195 e. The average Bonchev–Trinajstić information content (AvgIpc) is 2.98. The predicted octanol–water partition coefficient (Wildman–Crippen LogP) is 5.44. The maximum atomic E-state index is 13.2. The summed E-state index contributed by atoms with van der Waals surface area (Å²) >= 11 is 0. The molecule has 1 heterocycles. The molecule has 0 spiro atoms. The molecule has 4 nitrogen and oxygen atoms in total. The number of methoxy groups -OCH3 is 1. The molecule has 3 rings (SSSR count). The lowest BCUT2D eigenvalue weighted by molar-refractivity contribution is -0.126. The first kappa shape index (κ1) is 21.4. The van der Waals surface area contributed by atoms with E-state index in [2.05, 4.69) is 0 Å². The Kier molecular flexibility index (Phi) is 6.13. The monoisotopic (exact) mass is 379 g/mol. The minimum absolute atomic E-state index is 0. The van der Waals surface area contributed by atoms with Gasteiger partial charge in [-0.2, -0.15) is 0 Å². The van der Waals surface area contributed by atoms with Crippen molar-refractivity contribution in [1.82, 2.24) is 4.57 Å². The van der Waals surface area contributed by atoms with Gasteiger partial charge in [-0.1, -0.05) is 52.5 Å². The molecule has 3 aromatic rings. The summed E-state index contributed by atoms with van der Waals surface area (Å²) < 4.78 is 7.20. The normalized spacial score (nSPS) is 11.2. The van der Waals surface area contributed by atoms with Crippen LogP contribution in [0.4, 0.5) is 0 Å². The Hall–Kier alpha value is -2.88. The Balaban J connectivity index is 0.00000280. The zero-order valence-corrected chi connectivity index (χ0v) is 16.5. The van der Waals surface area contributed by atoms with E-state index >= 15 is 0 Å². The second-order valence-electron chi connectivity index (χ2n) is 7.87. The molecule has 0 N–H and O–H groups in total. The van der Waals surface area contributed by atoms with Crippen LogP contribution in [0.3, 0.4) is 0 Å². The number of rotatable bonds is 5. The van der Waals surface area contributed by atoms with Crippen molar-refractivity contribution >= 4 is 22.5 Å². The van der Waals surface area contributed by atoms with Gasteiger partial charge in [0.1, 0.15) is 5.75 Å². The van der Waals surface area contributed by atoms with Gasteiger partial charge in [0.15, 0.2) is 11.6 Å². The molecule has 0 radical (unpaired) electrons. The van der Waals surface area contributed by atoms with E-state index in [9.17, 15) is 9.59 Å². The van der Waals surface area contributed by atoms with Gasteiger partial charge < -0.3 is 9.30 Å². The van der Waals surface area contributed by atoms with Gasteiger partial charge in [-0.05, 0) is 24.6 Å². The number of benzene rings is 2. The molecule has 0 amide bonds. The van der Waals surface area contributed by atoms with Crippen molar-refractivity contribution in [2.45, 2.75) is 41.7 Å². The number of aryl methyl sites for hydroxylation is 1. The Morgan fingerprint density at radius 1 is 1.04 bits per heavy atom. The van der Waals surface area contributed by atoms with Gasteiger partial charge in [0, 0.05) is 34.2 Å². The molecule has 0 saturated carbocycles. The van der Waals surface area contributed by atoms with Crippen LogP contribution >= 0.6 is 0 Å². The molecule has 0 aliphatic rings. The number of hydrogen-bond acceptors (Lipinski definition) is 3. The summed E-state index contributed by atoms with van der Waals surface area (Å²) in [6.45, 7) is 7.86. The summed E-state index contributed by atoms with van der Waals surface area (Å²) in [4.78, 5) is 25.8. The first-order chi connectivity index (χ1) is 12.7. The molecule has 28 heavy (non-hydrogen) atoms. The maximum absolute atomic E-state index is 13.2. The van der Waals surface area contributed by atoms with E-state index in [-0.39, 0.29) is 25.5 Å². The molecular formula is C24H29NO3. The van der Waals surface area contributed by atoms with E-state index in [1.165, 1.54) is 0 Å². The molecule has 0 saturated heterocycles. The molecule has 0 bridgehead atoms. The molecule has 0 fully saturated rings. The first-order valence-electron chi connectivity index (χ1n) is 9.03. The number of fused-ring (bicyclic) bond motifs is 1. The topological polar surface area (TPSA) is 48.3 Å². The zero-order valence-electron chi connectivity index (χ0n) is 16.5. The van der Waals surface area contributed by atoms with E-state index in [0.29, 0.717) is 16.9 Å². The van der Waals surface area contributed by atoms with Crippen LogP contribution in [0.2, 0.25) is 0 Å². The van der Waals surface area contributed by atoms with E-state index in [1.54, 1.807) is 13.3 Å². The van der Waals surface area contributed by atoms with Crippen LogP contribution in [0.5, 0.6) is 5.75 Å². The van der Waals surface area contributed by atoms with Crippen LogP contribution in [0.1, 0.15) is 49.7 Å². The van der Waals surface area contributed by atoms with Crippen molar-refractivity contribution < 1.29 is 14.3 Å². The number of Topliss-reactive ketones (excluding diaryl/α,β-unsaturated/α-hetero) is 1. The predicted molar refractivity (Wildman–Crippen MR) is 114 cm³/mol. The quantitative estimate of drug-likeness (QED) is 0.555. The summed E-state index contributed by atoms with van der Waals surface area (Å²) in [6.07, 6.45) is 1.79. The highest BCUT2D eigenvalue weighted by Gasteiger charge is 2.24. The van der Waals surface area contributed by atoms with Gasteiger partial charge in [-0.15, -0.1) is 0 Å². The third kappa shape index (κ3) is 4.01. The Morgan fingerprint density at radius 2 is 1.71 bits per heavy atom. The minimum atomic E-state index is -0.449. The highest BCUT2D eigenvalue weighted by molar-refractivity contribution is 6.17. The molecule has 148 valence electrons. The van der Waals surface area contributed by atoms with Crippen LogP contribution in [0, 0.1) is 12.3 Å². The second kappa shape index (κ2) is 8.01. The highest BCUT2D eigenvalue weighted by atomic mass is 16.5. The van der Waals surface area contributed by atoms with Gasteiger partial charge in [-0.3, -0.25) is 9.59 Å².